The fraction of sp³-hybridized carbons (Fsp3) is 0.688. The molecule has 1 rings (SSSR count). The van der Waals surface area contributed by atoms with Crippen LogP contribution in [0.15, 0.2) is 10.6 Å². The van der Waals surface area contributed by atoms with Gasteiger partial charge in [-0.25, -0.2) is 0 Å². The zero-order valence-corrected chi connectivity index (χ0v) is 15.9. The summed E-state index contributed by atoms with van der Waals surface area (Å²) < 4.78 is 4.90. The number of rotatable bonds is 9. The number of nitrogens with one attached hydrogen (secondary N) is 1. The second-order valence-corrected chi connectivity index (χ2v) is 7.61. The SMILES string of the molecule is Cc1cc(NC(=O)C(C)SCC(=O)N(C)CCC(N)C(C)C)no1. The van der Waals surface area contributed by atoms with Crippen LogP contribution in [0.5, 0.6) is 0 Å². The molecule has 136 valence electrons. The summed E-state index contributed by atoms with van der Waals surface area (Å²) >= 11 is 1.29. The number of aromatic nitrogens is 1. The maximum absolute atomic E-state index is 12.1. The largest absolute Gasteiger partial charge is 0.360 e. The minimum Gasteiger partial charge on any atom is -0.360 e. The van der Waals surface area contributed by atoms with Crippen molar-refractivity contribution in [3.05, 3.63) is 11.8 Å². The van der Waals surface area contributed by atoms with E-state index in [9.17, 15) is 9.59 Å². The lowest BCUT2D eigenvalue weighted by atomic mass is 10.0. The van der Waals surface area contributed by atoms with Crippen LogP contribution in [-0.4, -0.2) is 52.5 Å². The topological polar surface area (TPSA) is 101 Å². The second kappa shape index (κ2) is 9.68. The van der Waals surface area contributed by atoms with E-state index in [4.69, 9.17) is 10.3 Å². The molecule has 2 amide bonds. The number of hydrogen-bond donors (Lipinski definition) is 2. The minimum absolute atomic E-state index is 0.00659. The molecule has 0 fully saturated rings. The molecule has 0 aromatic carbocycles. The molecule has 7 nitrogen and oxygen atoms in total. The lowest BCUT2D eigenvalue weighted by molar-refractivity contribution is -0.127. The van der Waals surface area contributed by atoms with Gasteiger partial charge in [0, 0.05) is 25.7 Å². The first kappa shape index (κ1) is 20.5. The number of anilines is 1. The average molecular weight is 356 g/mol. The highest BCUT2D eigenvalue weighted by atomic mass is 32.2. The maximum atomic E-state index is 12.1. The summed E-state index contributed by atoms with van der Waals surface area (Å²) in [6.45, 7) is 8.27. The van der Waals surface area contributed by atoms with Crippen molar-refractivity contribution in [2.24, 2.45) is 11.7 Å². The molecule has 0 radical (unpaired) electrons. The summed E-state index contributed by atoms with van der Waals surface area (Å²) in [6.07, 6.45) is 0.770. The molecule has 0 aliphatic carbocycles. The highest BCUT2D eigenvalue weighted by Crippen LogP contribution is 2.15. The van der Waals surface area contributed by atoms with Crippen LogP contribution in [0, 0.1) is 12.8 Å². The number of thioether (sulfide) groups is 1. The van der Waals surface area contributed by atoms with Gasteiger partial charge in [0.25, 0.3) is 0 Å². The number of carbonyl (C=O) groups excluding carboxylic acids is 2. The van der Waals surface area contributed by atoms with E-state index in [0.29, 0.717) is 24.0 Å². The van der Waals surface area contributed by atoms with Crippen LogP contribution < -0.4 is 11.1 Å². The van der Waals surface area contributed by atoms with Crippen LogP contribution in [0.2, 0.25) is 0 Å². The van der Waals surface area contributed by atoms with E-state index < -0.39 is 0 Å². The molecule has 8 heteroatoms. The van der Waals surface area contributed by atoms with Crippen LogP contribution in [0.1, 0.15) is 33.0 Å². The summed E-state index contributed by atoms with van der Waals surface area (Å²) in [5.74, 6) is 1.45. The monoisotopic (exact) mass is 356 g/mol. The van der Waals surface area contributed by atoms with Gasteiger partial charge in [-0.3, -0.25) is 9.59 Å². The van der Waals surface area contributed by atoms with Crippen molar-refractivity contribution in [1.82, 2.24) is 10.1 Å². The molecular weight excluding hydrogens is 328 g/mol. The molecule has 2 atom stereocenters. The van der Waals surface area contributed by atoms with E-state index in [0.717, 1.165) is 6.42 Å². The fourth-order valence-electron chi connectivity index (χ4n) is 1.84. The van der Waals surface area contributed by atoms with Crippen LogP contribution >= 0.6 is 11.8 Å². The first-order valence-electron chi connectivity index (χ1n) is 8.06. The maximum Gasteiger partial charge on any atom is 0.238 e. The van der Waals surface area contributed by atoms with Crippen molar-refractivity contribution in [1.29, 1.82) is 0 Å². The lowest BCUT2D eigenvalue weighted by Crippen LogP contribution is -2.36. The first-order valence-corrected chi connectivity index (χ1v) is 9.11. The molecule has 24 heavy (non-hydrogen) atoms. The molecule has 0 spiro atoms. The Morgan fingerprint density at radius 3 is 2.62 bits per heavy atom. The normalized spacial score (nSPS) is 13.6. The fourth-order valence-corrected chi connectivity index (χ4v) is 2.66. The van der Waals surface area contributed by atoms with Crippen LogP contribution in [-0.2, 0) is 9.59 Å². The van der Waals surface area contributed by atoms with Crippen molar-refractivity contribution >= 4 is 29.4 Å². The standard InChI is InChI=1S/C16H28N4O3S/c1-10(2)13(17)6-7-20(5)15(21)9-24-12(4)16(22)18-14-8-11(3)23-19-14/h8,10,12-13H,6-7,9,17H2,1-5H3,(H,18,19,22). The Labute approximate surface area is 147 Å². The van der Waals surface area contributed by atoms with E-state index >= 15 is 0 Å². The number of nitrogens with two attached hydrogens (primary N) is 1. The third kappa shape index (κ3) is 6.92. The molecule has 0 saturated carbocycles. The van der Waals surface area contributed by atoms with Crippen molar-refractivity contribution in [2.45, 2.75) is 45.4 Å². The average Bonchev–Trinajstić information content (AvgIpc) is 2.93. The van der Waals surface area contributed by atoms with Gasteiger partial charge in [0.05, 0.1) is 11.0 Å². The summed E-state index contributed by atoms with van der Waals surface area (Å²) in [4.78, 5) is 25.8. The predicted molar refractivity (Wildman–Crippen MR) is 96.9 cm³/mol. The van der Waals surface area contributed by atoms with Gasteiger partial charge in [0.1, 0.15) is 5.76 Å². The van der Waals surface area contributed by atoms with Gasteiger partial charge in [-0.05, 0) is 26.2 Å². The van der Waals surface area contributed by atoms with Crippen molar-refractivity contribution in [2.75, 3.05) is 24.7 Å². The Kier molecular flexibility index (Phi) is 8.27. The van der Waals surface area contributed by atoms with E-state index in [2.05, 4.69) is 24.3 Å². The zero-order valence-electron chi connectivity index (χ0n) is 15.0. The number of nitrogens with zero attached hydrogens (tertiary/aromatic N) is 2. The second-order valence-electron chi connectivity index (χ2n) is 6.28. The molecule has 2 unspecified atom stereocenters. The Balaban J connectivity index is 2.32. The summed E-state index contributed by atoms with van der Waals surface area (Å²) in [6, 6.07) is 1.73. The summed E-state index contributed by atoms with van der Waals surface area (Å²) in [5, 5.41) is 6.01. The quantitative estimate of drug-likeness (QED) is 0.700. The van der Waals surface area contributed by atoms with E-state index in [-0.39, 0.29) is 28.9 Å². The van der Waals surface area contributed by atoms with E-state index in [1.807, 2.05) is 0 Å². The van der Waals surface area contributed by atoms with Gasteiger partial charge >= 0.3 is 0 Å². The van der Waals surface area contributed by atoms with Crippen LogP contribution in [0.25, 0.3) is 0 Å². The summed E-state index contributed by atoms with van der Waals surface area (Å²) in [5.41, 5.74) is 5.99. The minimum atomic E-state index is -0.364. The lowest BCUT2D eigenvalue weighted by Gasteiger charge is -2.22. The molecule has 3 N–H and O–H groups in total. The van der Waals surface area contributed by atoms with Crippen molar-refractivity contribution < 1.29 is 14.1 Å². The van der Waals surface area contributed by atoms with Crippen molar-refractivity contribution in [3.63, 3.8) is 0 Å². The van der Waals surface area contributed by atoms with Gasteiger partial charge in [0.15, 0.2) is 5.82 Å². The van der Waals surface area contributed by atoms with Crippen molar-refractivity contribution in [3.8, 4) is 0 Å². The number of aryl methyl sites for hydroxylation is 1. The van der Waals surface area contributed by atoms with Gasteiger partial charge in [-0.15, -0.1) is 11.8 Å². The number of carbonyl (C=O) groups is 2. The zero-order chi connectivity index (χ0) is 18.3. The van der Waals surface area contributed by atoms with Gasteiger partial charge in [-0.1, -0.05) is 19.0 Å². The van der Waals surface area contributed by atoms with Gasteiger partial charge < -0.3 is 20.5 Å². The Hall–Kier alpha value is -1.54. The molecule has 0 bridgehead atoms. The molecule has 1 aromatic heterocycles. The third-order valence-corrected chi connectivity index (χ3v) is 4.91. The van der Waals surface area contributed by atoms with Gasteiger partial charge in [-0.2, -0.15) is 0 Å². The van der Waals surface area contributed by atoms with E-state index in [1.165, 1.54) is 11.8 Å². The number of hydrogen-bond acceptors (Lipinski definition) is 6. The Morgan fingerprint density at radius 1 is 1.42 bits per heavy atom. The smallest absolute Gasteiger partial charge is 0.238 e. The molecular formula is C16H28N4O3S. The van der Waals surface area contributed by atoms with E-state index in [1.54, 1.807) is 31.9 Å². The first-order chi connectivity index (χ1) is 11.2. The predicted octanol–water partition coefficient (Wildman–Crippen LogP) is 1.88. The molecule has 1 aromatic rings. The Bertz CT molecular complexity index is 547. The molecule has 1 heterocycles. The van der Waals surface area contributed by atoms with Gasteiger partial charge in [0.2, 0.25) is 11.8 Å². The molecule has 0 saturated heterocycles. The third-order valence-electron chi connectivity index (χ3n) is 3.79. The Morgan fingerprint density at radius 2 is 2.08 bits per heavy atom. The van der Waals surface area contributed by atoms with Crippen LogP contribution in [0.4, 0.5) is 5.82 Å². The highest BCUT2D eigenvalue weighted by Gasteiger charge is 2.18. The number of amides is 2. The molecule has 0 aliphatic heterocycles. The molecule has 0 aliphatic rings. The highest BCUT2D eigenvalue weighted by molar-refractivity contribution is 8.01. The summed E-state index contributed by atoms with van der Waals surface area (Å²) in [7, 11) is 1.76. The van der Waals surface area contributed by atoms with Crippen LogP contribution in [0.3, 0.4) is 0 Å².